The molecule has 2 aliphatic rings. The molecule has 4 rings (SSSR count). The van der Waals surface area contributed by atoms with Crippen LogP contribution in [0.25, 0.3) is 0 Å². The fourth-order valence-corrected chi connectivity index (χ4v) is 3.82. The monoisotopic (exact) mass is 437 g/mol. The van der Waals surface area contributed by atoms with Crippen molar-refractivity contribution in [2.24, 2.45) is 0 Å². The van der Waals surface area contributed by atoms with Crippen LogP contribution in [0.3, 0.4) is 0 Å². The molecule has 8 nitrogen and oxygen atoms in total. The number of pyridine rings is 1. The molecular weight excluding hydrogens is 415 g/mol. The molecule has 31 heavy (non-hydrogen) atoms. The third-order valence-corrected chi connectivity index (χ3v) is 5.29. The van der Waals surface area contributed by atoms with Gasteiger partial charge in [0.05, 0.1) is 24.0 Å². The van der Waals surface area contributed by atoms with Gasteiger partial charge >= 0.3 is 12.1 Å². The van der Waals surface area contributed by atoms with Crippen LogP contribution >= 0.6 is 0 Å². The Kier molecular flexibility index (Phi) is 6.71. The van der Waals surface area contributed by atoms with E-state index >= 15 is 0 Å². The minimum Gasteiger partial charge on any atom is -0.475 e. The van der Waals surface area contributed by atoms with Crippen molar-refractivity contribution in [1.29, 1.82) is 0 Å². The second-order valence-corrected chi connectivity index (χ2v) is 7.18. The minimum atomic E-state index is -5.08. The molecule has 2 aromatic heterocycles. The van der Waals surface area contributed by atoms with Gasteiger partial charge < -0.3 is 14.9 Å². The number of anilines is 2. The highest BCUT2D eigenvalue weighted by molar-refractivity contribution is 5.95. The zero-order chi connectivity index (χ0) is 22.6. The summed E-state index contributed by atoms with van der Waals surface area (Å²) in [5, 5.41) is 7.12. The summed E-state index contributed by atoms with van der Waals surface area (Å²) in [6.07, 6.45) is 5.53. The Morgan fingerprint density at radius 2 is 1.87 bits per heavy atom. The van der Waals surface area contributed by atoms with E-state index < -0.39 is 12.1 Å². The summed E-state index contributed by atoms with van der Waals surface area (Å²) < 4.78 is 31.7. The molecule has 0 unspecified atom stereocenters. The van der Waals surface area contributed by atoms with Crippen LogP contribution in [0.15, 0.2) is 36.9 Å². The average molecular weight is 437 g/mol. The summed E-state index contributed by atoms with van der Waals surface area (Å²) in [6.45, 7) is 2.98. The molecule has 11 heteroatoms. The molecule has 2 aliphatic heterocycles. The van der Waals surface area contributed by atoms with Gasteiger partial charge in [0.1, 0.15) is 0 Å². The van der Waals surface area contributed by atoms with Gasteiger partial charge in [0.2, 0.25) is 11.9 Å². The van der Waals surface area contributed by atoms with Crippen molar-refractivity contribution in [3.63, 3.8) is 0 Å². The molecule has 2 fully saturated rings. The van der Waals surface area contributed by atoms with Crippen molar-refractivity contribution in [2.45, 2.75) is 50.9 Å². The lowest BCUT2D eigenvalue weighted by Crippen LogP contribution is -2.53. The third kappa shape index (κ3) is 5.09. The van der Waals surface area contributed by atoms with Crippen molar-refractivity contribution >= 4 is 23.5 Å². The number of carbonyl (C=O) groups is 2. The number of fused-ring (bicyclic) bond motifs is 1. The van der Waals surface area contributed by atoms with Gasteiger partial charge in [-0.25, -0.2) is 14.8 Å². The largest absolute Gasteiger partial charge is 0.490 e. The number of piperidine rings is 1. The number of aryl methyl sites for hydroxylation is 1. The Balaban J connectivity index is 0.000000339. The summed E-state index contributed by atoms with van der Waals surface area (Å²) in [4.78, 5) is 38.9. The molecule has 1 amide bonds. The fourth-order valence-electron chi connectivity index (χ4n) is 3.82. The van der Waals surface area contributed by atoms with E-state index in [2.05, 4.69) is 26.8 Å². The van der Waals surface area contributed by atoms with Crippen LogP contribution in [0, 0.1) is 0 Å². The third-order valence-electron chi connectivity index (χ3n) is 5.29. The van der Waals surface area contributed by atoms with Gasteiger partial charge in [-0.15, -0.1) is 0 Å². The molecule has 0 radical (unpaired) electrons. The molecule has 2 aromatic rings. The zero-order valence-corrected chi connectivity index (χ0v) is 16.8. The average Bonchev–Trinajstić information content (AvgIpc) is 3.18. The molecule has 1 N–H and O–H groups in total. The van der Waals surface area contributed by atoms with E-state index in [0.29, 0.717) is 6.42 Å². The van der Waals surface area contributed by atoms with E-state index in [1.54, 1.807) is 12.4 Å². The molecular formula is C20H22F3N5O3. The summed E-state index contributed by atoms with van der Waals surface area (Å²) in [6, 6.07) is 4.29. The maximum absolute atomic E-state index is 12.5. The van der Waals surface area contributed by atoms with Crippen LogP contribution in [0.5, 0.6) is 0 Å². The molecule has 4 heterocycles. The van der Waals surface area contributed by atoms with E-state index in [0.717, 1.165) is 43.0 Å². The van der Waals surface area contributed by atoms with Crippen molar-refractivity contribution < 1.29 is 27.9 Å². The Bertz CT molecular complexity index is 909. The van der Waals surface area contributed by atoms with Gasteiger partial charge in [-0.3, -0.25) is 9.78 Å². The van der Waals surface area contributed by atoms with E-state index in [1.807, 2.05) is 29.4 Å². The van der Waals surface area contributed by atoms with Gasteiger partial charge in [-0.1, -0.05) is 6.92 Å². The predicted molar refractivity (Wildman–Crippen MR) is 106 cm³/mol. The fraction of sp³-hybridized carbons (Fsp3) is 0.450. The summed E-state index contributed by atoms with van der Waals surface area (Å²) in [5.41, 5.74) is 2.03. The van der Waals surface area contributed by atoms with Crippen molar-refractivity contribution in [1.82, 2.24) is 15.0 Å². The quantitative estimate of drug-likeness (QED) is 0.788. The number of rotatable bonds is 3. The predicted octanol–water partition coefficient (Wildman–Crippen LogP) is 2.84. The van der Waals surface area contributed by atoms with Gasteiger partial charge in [-0.05, 0) is 37.0 Å². The lowest BCUT2D eigenvalue weighted by molar-refractivity contribution is -0.192. The number of halogens is 3. The van der Waals surface area contributed by atoms with Gasteiger partial charge in [0.25, 0.3) is 0 Å². The molecule has 0 spiro atoms. The van der Waals surface area contributed by atoms with Crippen LogP contribution < -0.4 is 9.80 Å². The Hall–Kier alpha value is -3.24. The van der Waals surface area contributed by atoms with E-state index in [9.17, 15) is 18.0 Å². The summed E-state index contributed by atoms with van der Waals surface area (Å²) in [7, 11) is 0. The van der Waals surface area contributed by atoms with Crippen LogP contribution in [0.4, 0.5) is 24.8 Å². The second-order valence-electron chi connectivity index (χ2n) is 7.18. The highest BCUT2D eigenvalue weighted by Gasteiger charge is 2.44. The van der Waals surface area contributed by atoms with Crippen molar-refractivity contribution in [3.8, 4) is 0 Å². The van der Waals surface area contributed by atoms with Crippen LogP contribution in [-0.2, 0) is 16.0 Å². The Morgan fingerprint density at radius 3 is 2.42 bits per heavy atom. The molecule has 2 atom stereocenters. The molecule has 166 valence electrons. The number of nitrogens with zero attached hydrogens (tertiary/aromatic N) is 5. The second kappa shape index (κ2) is 9.27. The van der Waals surface area contributed by atoms with E-state index in [1.165, 1.54) is 0 Å². The SMILES string of the molecule is CCc1cnc(N2CC[C@H]3[C@@H]2CCC(=O)N3c2cccnc2)nc1.O=C(O)C(F)(F)F. The number of alkyl halides is 3. The number of carbonyl (C=O) groups excluding carboxylic acids is 1. The normalized spacial score (nSPS) is 20.7. The number of carboxylic acid groups (broad SMARTS) is 1. The van der Waals surface area contributed by atoms with Crippen molar-refractivity contribution in [3.05, 3.63) is 42.5 Å². The molecule has 0 aliphatic carbocycles. The maximum Gasteiger partial charge on any atom is 0.490 e. The highest BCUT2D eigenvalue weighted by atomic mass is 19.4. The van der Waals surface area contributed by atoms with Crippen molar-refractivity contribution in [2.75, 3.05) is 16.3 Å². The number of hydrogen-bond donors (Lipinski definition) is 1. The first-order valence-corrected chi connectivity index (χ1v) is 9.82. The number of hydrogen-bond acceptors (Lipinski definition) is 6. The standard InChI is InChI=1S/C18H21N5O.C2HF3O2/c1-2-13-10-20-18(21-11-13)22-9-7-16-15(22)5-6-17(24)23(16)14-4-3-8-19-12-14;3-2(4,5)1(6)7/h3-4,8,10-12,15-16H,2,5-7,9H2,1H3;(H,6,7)/t15-,16-;/m0./s1. The lowest BCUT2D eigenvalue weighted by atomic mass is 9.96. The highest BCUT2D eigenvalue weighted by Crippen LogP contribution is 2.35. The number of amides is 1. The first kappa shape index (κ1) is 22.4. The van der Waals surface area contributed by atoms with Crippen LogP contribution in [0.2, 0.25) is 0 Å². The van der Waals surface area contributed by atoms with E-state index in [4.69, 9.17) is 9.90 Å². The van der Waals surface area contributed by atoms with Gasteiger partial charge in [0, 0.05) is 31.6 Å². The summed E-state index contributed by atoms with van der Waals surface area (Å²) >= 11 is 0. The number of aliphatic carboxylic acids is 1. The molecule has 0 bridgehead atoms. The maximum atomic E-state index is 12.5. The number of carboxylic acids is 1. The molecule has 0 aromatic carbocycles. The summed E-state index contributed by atoms with van der Waals surface area (Å²) in [5.74, 6) is -1.79. The number of aromatic nitrogens is 3. The first-order chi connectivity index (χ1) is 14.7. The van der Waals surface area contributed by atoms with Gasteiger partial charge in [0.15, 0.2) is 0 Å². The Morgan fingerprint density at radius 1 is 1.19 bits per heavy atom. The van der Waals surface area contributed by atoms with E-state index in [-0.39, 0.29) is 18.0 Å². The molecule has 0 saturated carbocycles. The van der Waals surface area contributed by atoms with Crippen LogP contribution in [0.1, 0.15) is 31.7 Å². The Labute approximate surface area is 176 Å². The van der Waals surface area contributed by atoms with Crippen LogP contribution in [-0.4, -0.2) is 56.7 Å². The molecule has 2 saturated heterocycles. The smallest absolute Gasteiger partial charge is 0.475 e. The first-order valence-electron chi connectivity index (χ1n) is 9.82. The zero-order valence-electron chi connectivity index (χ0n) is 16.8. The van der Waals surface area contributed by atoms with Gasteiger partial charge in [-0.2, -0.15) is 13.2 Å². The lowest BCUT2D eigenvalue weighted by Gasteiger charge is -2.39. The minimum absolute atomic E-state index is 0.171. The topological polar surface area (TPSA) is 99.5 Å².